The van der Waals surface area contributed by atoms with Gasteiger partial charge in [0.25, 0.3) is 5.91 Å². The number of aromatic nitrogens is 4. The van der Waals surface area contributed by atoms with E-state index in [1.165, 1.54) is 31.0 Å². The van der Waals surface area contributed by atoms with E-state index in [9.17, 15) is 14.9 Å². The molecular formula is C25H28N6O3. The van der Waals surface area contributed by atoms with Crippen LogP contribution < -0.4 is 5.32 Å². The van der Waals surface area contributed by atoms with Crippen molar-refractivity contribution in [3.8, 4) is 0 Å². The van der Waals surface area contributed by atoms with E-state index in [1.54, 1.807) is 21.6 Å². The number of carbonyl (C=O) groups excluding carboxylic acids is 1. The zero-order chi connectivity index (χ0) is 23.4. The third-order valence-electron chi connectivity index (χ3n) is 7.91. The summed E-state index contributed by atoms with van der Waals surface area (Å²) in [6.45, 7) is 2.60. The number of carbonyl (C=O) groups is 1. The predicted molar refractivity (Wildman–Crippen MR) is 125 cm³/mol. The summed E-state index contributed by atoms with van der Waals surface area (Å²) < 4.78 is 3.49. The number of aryl methyl sites for hydroxylation is 1. The Hall–Kier alpha value is -3.49. The third kappa shape index (κ3) is 3.69. The van der Waals surface area contributed by atoms with Crippen LogP contribution in [0.1, 0.15) is 60.1 Å². The topological polar surface area (TPSA) is 108 Å². The second kappa shape index (κ2) is 7.78. The first-order valence-electron chi connectivity index (χ1n) is 12.0. The molecule has 1 aromatic carbocycles. The van der Waals surface area contributed by atoms with E-state index >= 15 is 0 Å². The molecule has 34 heavy (non-hydrogen) atoms. The summed E-state index contributed by atoms with van der Waals surface area (Å²) in [4.78, 5) is 24.4. The number of rotatable bonds is 6. The Kier molecular flexibility index (Phi) is 4.82. The normalized spacial score (nSPS) is 27.1. The molecule has 0 atom stereocenters. The summed E-state index contributed by atoms with van der Waals surface area (Å²) in [5, 5.41) is 23.5. The monoisotopic (exact) mass is 460 g/mol. The fourth-order valence-electron chi connectivity index (χ4n) is 6.94. The zero-order valence-electron chi connectivity index (χ0n) is 19.2. The average molecular weight is 461 g/mol. The summed E-state index contributed by atoms with van der Waals surface area (Å²) in [5.41, 5.74) is 1.69. The van der Waals surface area contributed by atoms with Gasteiger partial charge in [-0.2, -0.15) is 10.2 Å². The maximum Gasteiger partial charge on any atom is 0.320 e. The minimum atomic E-state index is -0.601. The van der Waals surface area contributed by atoms with Crippen molar-refractivity contribution in [1.82, 2.24) is 19.6 Å². The first kappa shape index (κ1) is 21.1. The van der Waals surface area contributed by atoms with Crippen molar-refractivity contribution >= 4 is 17.4 Å². The lowest BCUT2D eigenvalue weighted by molar-refractivity contribution is -0.385. The van der Waals surface area contributed by atoms with Crippen LogP contribution in [0.2, 0.25) is 0 Å². The number of nitro groups is 1. The third-order valence-corrected chi connectivity index (χ3v) is 7.91. The maximum atomic E-state index is 13.1. The highest BCUT2D eigenvalue weighted by Gasteiger charge is 2.53. The van der Waals surface area contributed by atoms with Crippen molar-refractivity contribution in [3.63, 3.8) is 0 Å². The van der Waals surface area contributed by atoms with Gasteiger partial charge in [0, 0.05) is 12.3 Å². The van der Waals surface area contributed by atoms with E-state index in [0.717, 1.165) is 24.8 Å². The average Bonchev–Trinajstić information content (AvgIpc) is 3.41. The van der Waals surface area contributed by atoms with Crippen molar-refractivity contribution in [1.29, 1.82) is 0 Å². The van der Waals surface area contributed by atoms with Gasteiger partial charge in [-0.15, -0.1) is 0 Å². The van der Waals surface area contributed by atoms with E-state index in [-0.39, 0.29) is 16.9 Å². The van der Waals surface area contributed by atoms with Crippen molar-refractivity contribution in [2.24, 2.45) is 17.8 Å². The quantitative estimate of drug-likeness (QED) is 0.430. The van der Waals surface area contributed by atoms with E-state index in [2.05, 4.69) is 21.6 Å². The Labute approximate surface area is 197 Å². The van der Waals surface area contributed by atoms with Crippen molar-refractivity contribution in [2.45, 2.75) is 57.5 Å². The van der Waals surface area contributed by atoms with Gasteiger partial charge in [0.1, 0.15) is 6.20 Å². The highest BCUT2D eigenvalue weighted by atomic mass is 16.6. The molecule has 176 valence electrons. The van der Waals surface area contributed by atoms with Gasteiger partial charge in [-0.05, 0) is 68.8 Å². The van der Waals surface area contributed by atoms with Gasteiger partial charge in [0.15, 0.2) is 5.82 Å². The number of anilines is 1. The van der Waals surface area contributed by atoms with Gasteiger partial charge in [0.2, 0.25) is 5.69 Å². The van der Waals surface area contributed by atoms with Gasteiger partial charge < -0.3 is 5.32 Å². The van der Waals surface area contributed by atoms with Gasteiger partial charge in [0.05, 0.1) is 17.0 Å². The molecule has 2 heterocycles. The molecule has 9 nitrogen and oxygen atoms in total. The number of amides is 1. The van der Waals surface area contributed by atoms with Crippen LogP contribution in [-0.4, -0.2) is 30.4 Å². The Morgan fingerprint density at radius 1 is 1.15 bits per heavy atom. The number of nitrogens with zero attached hydrogens (tertiary/aromatic N) is 5. The van der Waals surface area contributed by atoms with E-state index < -0.39 is 10.8 Å². The molecule has 9 heteroatoms. The SMILES string of the molecule is Cc1cccc(Cn2ccc(NC(=O)c3nn(C45CC6CC(CC(C6)C4)C5)cc3[N+](=O)[O-])n2)c1. The van der Waals surface area contributed by atoms with Crippen LogP contribution in [0.4, 0.5) is 11.5 Å². The minimum Gasteiger partial charge on any atom is -0.303 e. The highest BCUT2D eigenvalue weighted by molar-refractivity contribution is 6.05. The lowest BCUT2D eigenvalue weighted by Crippen LogP contribution is -2.52. The summed E-state index contributed by atoms with van der Waals surface area (Å²) in [5.74, 6) is 1.75. The second-order valence-corrected chi connectivity index (χ2v) is 10.5. The largest absolute Gasteiger partial charge is 0.320 e. The number of hydrogen-bond acceptors (Lipinski definition) is 5. The molecule has 0 unspecified atom stereocenters. The second-order valence-electron chi connectivity index (χ2n) is 10.5. The molecule has 4 aliphatic carbocycles. The van der Waals surface area contributed by atoms with Crippen LogP contribution in [-0.2, 0) is 12.1 Å². The van der Waals surface area contributed by atoms with Crippen molar-refractivity contribution < 1.29 is 9.72 Å². The molecule has 1 N–H and O–H groups in total. The molecule has 3 aromatic rings. The lowest BCUT2D eigenvalue weighted by atomic mass is 9.53. The molecule has 0 saturated heterocycles. The molecule has 2 aromatic heterocycles. The fraction of sp³-hybridized carbons (Fsp3) is 0.480. The van der Waals surface area contributed by atoms with Crippen LogP contribution in [0.15, 0.2) is 42.7 Å². The smallest absolute Gasteiger partial charge is 0.303 e. The van der Waals surface area contributed by atoms with Gasteiger partial charge in [-0.25, -0.2) is 0 Å². The molecule has 0 spiro atoms. The van der Waals surface area contributed by atoms with Gasteiger partial charge >= 0.3 is 5.69 Å². The van der Waals surface area contributed by atoms with Crippen LogP contribution in [0, 0.1) is 34.8 Å². The molecule has 0 aliphatic heterocycles. The minimum absolute atomic E-state index is 0.144. The van der Waals surface area contributed by atoms with Crippen LogP contribution in [0.25, 0.3) is 0 Å². The van der Waals surface area contributed by atoms with Crippen molar-refractivity contribution in [2.75, 3.05) is 5.32 Å². The molecule has 1 amide bonds. The standard InChI is InChI=1S/C25H28N6O3/c1-16-3-2-4-17(7-16)14-29-6-5-22(27-29)26-24(32)23-21(31(33)34)15-30(28-23)25-11-18-8-19(12-25)10-20(9-18)13-25/h2-7,15,18-20H,8-14H2,1H3,(H,26,27,32). The molecule has 4 fully saturated rings. The first-order chi connectivity index (χ1) is 16.4. The molecule has 4 bridgehead atoms. The van der Waals surface area contributed by atoms with Crippen LogP contribution in [0.5, 0.6) is 0 Å². The van der Waals surface area contributed by atoms with E-state index in [1.807, 2.05) is 25.1 Å². The lowest BCUT2D eigenvalue weighted by Gasteiger charge is -2.56. The summed E-state index contributed by atoms with van der Waals surface area (Å²) in [7, 11) is 0. The summed E-state index contributed by atoms with van der Waals surface area (Å²) in [6, 6.07) is 9.83. The Morgan fingerprint density at radius 2 is 1.85 bits per heavy atom. The Morgan fingerprint density at radius 3 is 2.50 bits per heavy atom. The van der Waals surface area contributed by atoms with Crippen LogP contribution >= 0.6 is 0 Å². The van der Waals surface area contributed by atoms with Crippen molar-refractivity contribution in [3.05, 3.63) is 69.7 Å². The molecule has 4 aliphatic rings. The van der Waals surface area contributed by atoms with Gasteiger partial charge in [-0.1, -0.05) is 29.8 Å². The first-order valence-corrected chi connectivity index (χ1v) is 12.0. The zero-order valence-corrected chi connectivity index (χ0v) is 19.2. The Bertz CT molecular complexity index is 1240. The van der Waals surface area contributed by atoms with Crippen LogP contribution in [0.3, 0.4) is 0 Å². The molecule has 4 saturated carbocycles. The molecular weight excluding hydrogens is 432 g/mol. The maximum absolute atomic E-state index is 13.1. The fourth-order valence-corrected chi connectivity index (χ4v) is 6.94. The molecule has 0 radical (unpaired) electrons. The van der Waals surface area contributed by atoms with E-state index in [0.29, 0.717) is 30.1 Å². The summed E-state index contributed by atoms with van der Waals surface area (Å²) >= 11 is 0. The molecule has 7 rings (SSSR count). The predicted octanol–water partition coefficient (Wildman–Crippen LogP) is 4.52. The van der Waals surface area contributed by atoms with E-state index in [4.69, 9.17) is 0 Å². The number of hydrogen-bond donors (Lipinski definition) is 1. The number of nitrogens with one attached hydrogen (secondary N) is 1. The highest BCUT2D eigenvalue weighted by Crippen LogP contribution is 2.58. The van der Waals surface area contributed by atoms with Gasteiger partial charge in [-0.3, -0.25) is 24.3 Å². The summed E-state index contributed by atoms with van der Waals surface area (Å²) in [6.07, 6.45) is 10.1. The number of benzene rings is 1. The Balaban J connectivity index is 1.23.